The van der Waals surface area contributed by atoms with Crippen molar-refractivity contribution in [1.82, 2.24) is 10.2 Å². The molecule has 0 unspecified atom stereocenters. The number of nitrogens with one attached hydrogen (secondary N) is 1. The van der Waals surface area contributed by atoms with Crippen molar-refractivity contribution in [3.8, 4) is 0 Å². The molecule has 2 amide bonds. The number of carboxylic acid groups (broad SMARTS) is 1. The number of hydrogen-bond acceptors (Lipinski definition) is 4. The first-order chi connectivity index (χ1) is 9.95. The van der Waals surface area contributed by atoms with Gasteiger partial charge < -0.3 is 20.1 Å². The minimum absolute atomic E-state index is 0.0103. The molecule has 0 bridgehead atoms. The molecule has 1 rings (SSSR count). The van der Waals surface area contributed by atoms with Crippen molar-refractivity contribution in [3.05, 3.63) is 0 Å². The third-order valence-corrected chi connectivity index (χ3v) is 3.73. The molecule has 0 aromatic rings. The Morgan fingerprint density at radius 3 is 2.38 bits per heavy atom. The maximum atomic E-state index is 11.9. The Kier molecular flexibility index (Phi) is 7.14. The number of amides is 2. The van der Waals surface area contributed by atoms with Gasteiger partial charge in [-0.25, -0.2) is 4.79 Å². The van der Waals surface area contributed by atoms with E-state index in [0.717, 1.165) is 0 Å². The van der Waals surface area contributed by atoms with Crippen molar-refractivity contribution < 1.29 is 24.2 Å². The summed E-state index contributed by atoms with van der Waals surface area (Å²) in [5, 5.41) is 11.6. The predicted molar refractivity (Wildman–Crippen MR) is 75.7 cm³/mol. The molecule has 1 fully saturated rings. The summed E-state index contributed by atoms with van der Waals surface area (Å²) in [4.78, 5) is 36.5. The normalized spacial score (nSPS) is 17.9. The molecule has 0 radical (unpaired) electrons. The van der Waals surface area contributed by atoms with Gasteiger partial charge in [0, 0.05) is 25.9 Å². The number of ether oxygens (including phenoxy) is 1. The van der Waals surface area contributed by atoms with Crippen LogP contribution in [0.25, 0.3) is 0 Å². The minimum atomic E-state index is -1.04. The van der Waals surface area contributed by atoms with E-state index < -0.39 is 17.9 Å². The molecule has 1 aliphatic rings. The van der Waals surface area contributed by atoms with Crippen molar-refractivity contribution in [2.45, 2.75) is 39.2 Å². The van der Waals surface area contributed by atoms with Gasteiger partial charge in [0.25, 0.3) is 0 Å². The molecule has 7 nitrogen and oxygen atoms in total. The quantitative estimate of drug-likeness (QED) is 0.702. The topological polar surface area (TPSA) is 95.9 Å². The summed E-state index contributed by atoms with van der Waals surface area (Å²) >= 11 is 0. The summed E-state index contributed by atoms with van der Waals surface area (Å²) in [7, 11) is 0. The first-order valence-electron chi connectivity index (χ1n) is 7.33. The monoisotopic (exact) mass is 300 g/mol. The number of carboxylic acids is 1. The molecular formula is C14H24N2O5. The highest BCUT2D eigenvalue weighted by molar-refractivity contribution is 5.87. The van der Waals surface area contributed by atoms with Crippen molar-refractivity contribution in [3.63, 3.8) is 0 Å². The molecule has 0 saturated carbocycles. The Balaban J connectivity index is 2.38. The Morgan fingerprint density at radius 2 is 1.86 bits per heavy atom. The van der Waals surface area contributed by atoms with Gasteiger partial charge in [0.15, 0.2) is 0 Å². The van der Waals surface area contributed by atoms with Gasteiger partial charge >= 0.3 is 5.97 Å². The molecule has 7 heteroatoms. The summed E-state index contributed by atoms with van der Waals surface area (Å²) in [6, 6.07) is -0.902. The second-order valence-electron chi connectivity index (χ2n) is 5.26. The number of carbonyl (C=O) groups excluding carboxylic acids is 2. The van der Waals surface area contributed by atoms with Crippen molar-refractivity contribution >= 4 is 17.8 Å². The molecule has 2 atom stereocenters. The van der Waals surface area contributed by atoms with E-state index in [2.05, 4.69) is 5.32 Å². The van der Waals surface area contributed by atoms with E-state index in [1.165, 1.54) is 0 Å². The molecular weight excluding hydrogens is 276 g/mol. The Bertz CT molecular complexity index is 380. The fraction of sp³-hybridized carbons (Fsp3) is 0.786. The first-order valence-corrected chi connectivity index (χ1v) is 7.33. The summed E-state index contributed by atoms with van der Waals surface area (Å²) in [6.07, 6.45) is 0.763. The number of morpholine rings is 1. The smallest absolute Gasteiger partial charge is 0.326 e. The fourth-order valence-electron chi connectivity index (χ4n) is 2.12. The van der Waals surface area contributed by atoms with E-state index in [0.29, 0.717) is 32.7 Å². The van der Waals surface area contributed by atoms with Crippen LogP contribution in [0.15, 0.2) is 0 Å². The van der Waals surface area contributed by atoms with Crippen LogP contribution in [-0.4, -0.2) is 60.1 Å². The maximum Gasteiger partial charge on any atom is 0.326 e. The van der Waals surface area contributed by atoms with E-state index in [1.807, 2.05) is 6.92 Å². The second kappa shape index (κ2) is 8.61. The van der Waals surface area contributed by atoms with Crippen LogP contribution in [0.1, 0.15) is 33.1 Å². The highest BCUT2D eigenvalue weighted by Crippen LogP contribution is 2.09. The summed E-state index contributed by atoms with van der Waals surface area (Å²) in [6.45, 7) is 5.78. The summed E-state index contributed by atoms with van der Waals surface area (Å²) in [5.74, 6) is -1.69. The predicted octanol–water partition coefficient (Wildman–Crippen LogP) is 0.241. The van der Waals surface area contributed by atoms with Gasteiger partial charge in [-0.2, -0.15) is 0 Å². The number of aliphatic carboxylic acids is 1. The van der Waals surface area contributed by atoms with E-state index in [-0.39, 0.29) is 24.7 Å². The molecule has 1 heterocycles. The van der Waals surface area contributed by atoms with Gasteiger partial charge in [-0.1, -0.05) is 20.3 Å². The van der Waals surface area contributed by atoms with Crippen molar-refractivity contribution in [2.75, 3.05) is 26.3 Å². The zero-order valence-corrected chi connectivity index (χ0v) is 12.6. The van der Waals surface area contributed by atoms with Crippen LogP contribution in [0.3, 0.4) is 0 Å². The van der Waals surface area contributed by atoms with Crippen LogP contribution in [0, 0.1) is 5.92 Å². The fourth-order valence-corrected chi connectivity index (χ4v) is 2.12. The molecule has 1 saturated heterocycles. The summed E-state index contributed by atoms with van der Waals surface area (Å²) in [5.41, 5.74) is 0. The molecule has 2 N–H and O–H groups in total. The average molecular weight is 300 g/mol. The minimum Gasteiger partial charge on any atom is -0.480 e. The Morgan fingerprint density at radius 1 is 1.24 bits per heavy atom. The van der Waals surface area contributed by atoms with Crippen LogP contribution in [-0.2, 0) is 19.1 Å². The first kappa shape index (κ1) is 17.4. The standard InChI is InChI=1S/C14H24N2O5/c1-3-10(2)13(14(19)20)15-11(17)4-5-12(18)16-6-8-21-9-7-16/h10,13H,3-9H2,1-2H3,(H,15,17)(H,19,20)/t10-,13-/m0/s1. The molecule has 0 aliphatic carbocycles. The van der Waals surface area contributed by atoms with Crippen LogP contribution in [0.2, 0.25) is 0 Å². The van der Waals surface area contributed by atoms with E-state index in [4.69, 9.17) is 9.84 Å². The molecule has 21 heavy (non-hydrogen) atoms. The van der Waals surface area contributed by atoms with Crippen LogP contribution < -0.4 is 5.32 Å². The third kappa shape index (κ3) is 5.71. The number of rotatable bonds is 7. The lowest BCUT2D eigenvalue weighted by molar-refractivity contribution is -0.143. The second-order valence-corrected chi connectivity index (χ2v) is 5.26. The van der Waals surface area contributed by atoms with Gasteiger partial charge in [0.05, 0.1) is 13.2 Å². The lowest BCUT2D eigenvalue weighted by Gasteiger charge is -2.27. The highest BCUT2D eigenvalue weighted by atomic mass is 16.5. The van der Waals surface area contributed by atoms with Gasteiger partial charge in [-0.05, 0) is 5.92 Å². The third-order valence-electron chi connectivity index (χ3n) is 3.73. The lowest BCUT2D eigenvalue weighted by atomic mass is 9.99. The van der Waals surface area contributed by atoms with Crippen molar-refractivity contribution in [1.29, 1.82) is 0 Å². The molecule has 0 spiro atoms. The van der Waals surface area contributed by atoms with E-state index >= 15 is 0 Å². The molecule has 1 aliphatic heterocycles. The zero-order chi connectivity index (χ0) is 15.8. The summed E-state index contributed by atoms with van der Waals surface area (Å²) < 4.78 is 5.15. The Hall–Kier alpha value is -1.63. The van der Waals surface area contributed by atoms with Crippen LogP contribution >= 0.6 is 0 Å². The largest absolute Gasteiger partial charge is 0.480 e. The molecule has 0 aromatic heterocycles. The van der Waals surface area contributed by atoms with Gasteiger partial charge in [-0.3, -0.25) is 9.59 Å². The molecule has 120 valence electrons. The van der Waals surface area contributed by atoms with E-state index in [9.17, 15) is 14.4 Å². The number of nitrogens with zero attached hydrogens (tertiary/aromatic N) is 1. The van der Waals surface area contributed by atoms with E-state index in [1.54, 1.807) is 11.8 Å². The average Bonchev–Trinajstić information content (AvgIpc) is 2.50. The van der Waals surface area contributed by atoms with Crippen molar-refractivity contribution in [2.24, 2.45) is 5.92 Å². The van der Waals surface area contributed by atoms with Gasteiger partial charge in [0.1, 0.15) is 6.04 Å². The molecule has 0 aromatic carbocycles. The number of hydrogen-bond donors (Lipinski definition) is 2. The zero-order valence-electron chi connectivity index (χ0n) is 12.6. The SMILES string of the molecule is CC[C@H](C)[C@H](NC(=O)CCC(=O)N1CCOCC1)C(=O)O. The highest BCUT2D eigenvalue weighted by Gasteiger charge is 2.25. The number of carbonyl (C=O) groups is 3. The van der Waals surface area contributed by atoms with Crippen LogP contribution in [0.4, 0.5) is 0 Å². The van der Waals surface area contributed by atoms with Crippen LogP contribution in [0.5, 0.6) is 0 Å². The lowest BCUT2D eigenvalue weighted by Crippen LogP contribution is -2.45. The maximum absolute atomic E-state index is 11.9. The van der Waals surface area contributed by atoms with Gasteiger partial charge in [0.2, 0.25) is 11.8 Å². The Labute approximate surface area is 124 Å². The van der Waals surface area contributed by atoms with Gasteiger partial charge in [-0.15, -0.1) is 0 Å².